The van der Waals surface area contributed by atoms with Crippen molar-refractivity contribution in [1.82, 2.24) is 10.2 Å². The van der Waals surface area contributed by atoms with Crippen LogP contribution in [0, 0.1) is 10.1 Å². The molecule has 2 aromatic rings. The lowest BCUT2D eigenvalue weighted by atomic mass is 10.0. The number of halogens is 2. The van der Waals surface area contributed by atoms with Crippen LogP contribution in [0.2, 0.25) is 10.0 Å². The first-order valence-corrected chi connectivity index (χ1v) is 9.50. The monoisotopic (exact) mass is 423 g/mol. The van der Waals surface area contributed by atoms with Crippen molar-refractivity contribution in [3.05, 3.63) is 73.8 Å². The Balaban J connectivity index is 1.75. The molecule has 0 spiro atoms. The Morgan fingerprint density at radius 1 is 1.18 bits per heavy atom. The van der Waals surface area contributed by atoms with E-state index in [0.29, 0.717) is 24.8 Å². The zero-order valence-corrected chi connectivity index (χ0v) is 16.4. The first-order valence-electron chi connectivity index (χ1n) is 8.75. The van der Waals surface area contributed by atoms with E-state index in [1.165, 1.54) is 18.2 Å². The summed E-state index contributed by atoms with van der Waals surface area (Å²) < 4.78 is 5.42. The third-order valence-corrected chi connectivity index (χ3v) is 5.17. The molecule has 2 aromatic carbocycles. The highest BCUT2D eigenvalue weighted by Gasteiger charge is 2.24. The van der Waals surface area contributed by atoms with Gasteiger partial charge in [-0.1, -0.05) is 35.3 Å². The summed E-state index contributed by atoms with van der Waals surface area (Å²) in [6, 6.07) is 11.4. The number of nitro benzene ring substituents is 1. The summed E-state index contributed by atoms with van der Waals surface area (Å²) in [6.45, 7) is 3.09. The van der Waals surface area contributed by atoms with Crippen LogP contribution in [0.3, 0.4) is 0 Å². The van der Waals surface area contributed by atoms with E-state index < -0.39 is 10.8 Å². The molecule has 1 unspecified atom stereocenters. The average Bonchev–Trinajstić information content (AvgIpc) is 2.70. The van der Waals surface area contributed by atoms with Crippen molar-refractivity contribution in [1.29, 1.82) is 0 Å². The highest BCUT2D eigenvalue weighted by molar-refractivity contribution is 6.32. The largest absolute Gasteiger partial charge is 0.379 e. The summed E-state index contributed by atoms with van der Waals surface area (Å²) in [7, 11) is 0. The van der Waals surface area contributed by atoms with Gasteiger partial charge in [0.25, 0.3) is 11.6 Å². The minimum atomic E-state index is -0.608. The third-order valence-electron chi connectivity index (χ3n) is 4.60. The lowest BCUT2D eigenvalue weighted by Gasteiger charge is -2.35. The van der Waals surface area contributed by atoms with Crippen LogP contribution < -0.4 is 5.32 Å². The molecule has 1 aliphatic heterocycles. The lowest BCUT2D eigenvalue weighted by Crippen LogP contribution is -2.43. The topological polar surface area (TPSA) is 84.7 Å². The van der Waals surface area contributed by atoms with Crippen molar-refractivity contribution >= 4 is 34.8 Å². The van der Waals surface area contributed by atoms with Gasteiger partial charge in [-0.25, -0.2) is 0 Å². The summed E-state index contributed by atoms with van der Waals surface area (Å²) in [6.07, 6.45) is 0. The van der Waals surface area contributed by atoms with E-state index in [2.05, 4.69) is 10.2 Å². The van der Waals surface area contributed by atoms with Gasteiger partial charge in [-0.15, -0.1) is 0 Å². The number of hydrogen-bond donors (Lipinski definition) is 1. The van der Waals surface area contributed by atoms with Gasteiger partial charge in [-0.2, -0.15) is 0 Å². The van der Waals surface area contributed by atoms with Crippen LogP contribution in [0.4, 0.5) is 5.69 Å². The highest BCUT2D eigenvalue weighted by atomic mass is 35.5. The van der Waals surface area contributed by atoms with Gasteiger partial charge >= 0.3 is 0 Å². The number of carbonyl (C=O) groups excluding carboxylic acids is 1. The van der Waals surface area contributed by atoms with Crippen molar-refractivity contribution < 1.29 is 14.5 Å². The summed E-state index contributed by atoms with van der Waals surface area (Å²) >= 11 is 11.8. The average molecular weight is 424 g/mol. The smallest absolute Gasteiger partial charge is 0.288 e. The van der Waals surface area contributed by atoms with Crippen LogP contribution in [0.1, 0.15) is 22.0 Å². The molecule has 148 valence electrons. The molecule has 1 heterocycles. The molecule has 1 aliphatic rings. The third kappa shape index (κ3) is 4.99. The van der Waals surface area contributed by atoms with Crippen LogP contribution in [0.25, 0.3) is 0 Å². The summed E-state index contributed by atoms with van der Waals surface area (Å²) in [4.78, 5) is 25.2. The number of ether oxygens (including phenoxy) is 1. The molecule has 3 rings (SSSR count). The second kappa shape index (κ2) is 9.34. The van der Waals surface area contributed by atoms with Crippen molar-refractivity contribution in [2.75, 3.05) is 32.8 Å². The Hall–Kier alpha value is -2.19. The standard InChI is InChI=1S/C19H19Cl2N3O4/c20-15-4-1-13(2-5-15)18(23-7-9-28-10-8-23)12-22-19(25)14-3-6-16(21)17(11-14)24(26)27/h1-6,11,18H,7-10,12H2,(H,22,25). The maximum absolute atomic E-state index is 12.6. The number of rotatable bonds is 6. The van der Waals surface area contributed by atoms with Crippen LogP contribution in [0.15, 0.2) is 42.5 Å². The normalized spacial score (nSPS) is 15.8. The lowest BCUT2D eigenvalue weighted by molar-refractivity contribution is -0.384. The molecule has 0 radical (unpaired) electrons. The van der Waals surface area contributed by atoms with E-state index in [1.807, 2.05) is 24.3 Å². The van der Waals surface area contributed by atoms with E-state index in [4.69, 9.17) is 27.9 Å². The second-order valence-electron chi connectivity index (χ2n) is 6.35. The molecular formula is C19H19Cl2N3O4. The zero-order chi connectivity index (χ0) is 20.1. The van der Waals surface area contributed by atoms with Crippen molar-refractivity contribution in [3.8, 4) is 0 Å². The Morgan fingerprint density at radius 3 is 2.50 bits per heavy atom. The molecule has 28 heavy (non-hydrogen) atoms. The molecule has 1 amide bonds. The van der Waals surface area contributed by atoms with Gasteiger partial charge in [0.1, 0.15) is 5.02 Å². The molecule has 0 saturated carbocycles. The van der Waals surface area contributed by atoms with Gasteiger partial charge < -0.3 is 10.1 Å². The molecule has 0 aromatic heterocycles. The molecule has 0 aliphatic carbocycles. The number of nitrogens with one attached hydrogen (secondary N) is 1. The molecule has 1 atom stereocenters. The van der Waals surface area contributed by atoms with Crippen LogP contribution in [-0.2, 0) is 4.74 Å². The van der Waals surface area contributed by atoms with Gasteiger partial charge in [0, 0.05) is 36.3 Å². The highest BCUT2D eigenvalue weighted by Crippen LogP contribution is 2.26. The van der Waals surface area contributed by atoms with Crippen LogP contribution in [-0.4, -0.2) is 48.6 Å². The van der Waals surface area contributed by atoms with E-state index in [-0.39, 0.29) is 22.3 Å². The number of nitro groups is 1. The maximum atomic E-state index is 12.6. The van der Waals surface area contributed by atoms with Gasteiger partial charge in [0.05, 0.1) is 24.2 Å². The Kier molecular flexibility index (Phi) is 6.85. The number of hydrogen-bond acceptors (Lipinski definition) is 5. The predicted molar refractivity (Wildman–Crippen MR) is 107 cm³/mol. The number of nitrogens with zero attached hydrogens (tertiary/aromatic N) is 2. The van der Waals surface area contributed by atoms with Crippen molar-refractivity contribution in [2.24, 2.45) is 0 Å². The number of morpholine rings is 1. The Bertz CT molecular complexity index is 855. The fourth-order valence-electron chi connectivity index (χ4n) is 3.12. The number of amides is 1. The second-order valence-corrected chi connectivity index (χ2v) is 7.19. The zero-order valence-electron chi connectivity index (χ0n) is 14.9. The number of benzene rings is 2. The first kappa shape index (κ1) is 20.5. The molecule has 7 nitrogen and oxygen atoms in total. The molecule has 1 fully saturated rings. The van der Waals surface area contributed by atoms with E-state index in [9.17, 15) is 14.9 Å². The van der Waals surface area contributed by atoms with E-state index in [0.717, 1.165) is 18.7 Å². The summed E-state index contributed by atoms with van der Waals surface area (Å²) in [5.41, 5.74) is 0.915. The quantitative estimate of drug-likeness (QED) is 0.565. The van der Waals surface area contributed by atoms with Gasteiger partial charge in [0.2, 0.25) is 0 Å². The summed E-state index contributed by atoms with van der Waals surface area (Å²) in [5.74, 6) is -0.396. The minimum Gasteiger partial charge on any atom is -0.379 e. The fraction of sp³-hybridized carbons (Fsp3) is 0.316. The van der Waals surface area contributed by atoms with Gasteiger partial charge in [0.15, 0.2) is 0 Å². The minimum absolute atomic E-state index is 0.00564. The van der Waals surface area contributed by atoms with Crippen LogP contribution in [0.5, 0.6) is 0 Å². The maximum Gasteiger partial charge on any atom is 0.288 e. The van der Waals surface area contributed by atoms with E-state index in [1.54, 1.807) is 0 Å². The Labute approximate surface area is 172 Å². The molecular weight excluding hydrogens is 405 g/mol. The molecule has 9 heteroatoms. The van der Waals surface area contributed by atoms with Crippen LogP contribution >= 0.6 is 23.2 Å². The number of carbonyl (C=O) groups is 1. The Morgan fingerprint density at radius 2 is 1.86 bits per heavy atom. The first-order chi connectivity index (χ1) is 13.5. The predicted octanol–water partition coefficient (Wildman–Crippen LogP) is 3.70. The van der Waals surface area contributed by atoms with Crippen molar-refractivity contribution in [2.45, 2.75) is 6.04 Å². The SMILES string of the molecule is O=C(NCC(c1ccc(Cl)cc1)N1CCOCC1)c1ccc(Cl)c([N+](=O)[O-])c1. The van der Waals surface area contributed by atoms with Gasteiger partial charge in [-0.05, 0) is 29.8 Å². The van der Waals surface area contributed by atoms with Crippen molar-refractivity contribution in [3.63, 3.8) is 0 Å². The molecule has 0 bridgehead atoms. The molecule has 1 N–H and O–H groups in total. The molecule has 1 saturated heterocycles. The van der Waals surface area contributed by atoms with E-state index >= 15 is 0 Å². The summed E-state index contributed by atoms with van der Waals surface area (Å²) in [5, 5.41) is 14.6. The fourth-order valence-corrected chi connectivity index (χ4v) is 3.43. The van der Waals surface area contributed by atoms with Gasteiger partial charge in [-0.3, -0.25) is 19.8 Å².